The first-order valence-electron chi connectivity index (χ1n) is 18.7. The lowest BCUT2D eigenvalue weighted by Gasteiger charge is -2.31. The van der Waals surface area contributed by atoms with Gasteiger partial charge in [-0.2, -0.15) is 0 Å². The van der Waals surface area contributed by atoms with E-state index in [4.69, 9.17) is 5.11 Å². The maximum absolute atomic E-state index is 13.5. The summed E-state index contributed by atoms with van der Waals surface area (Å²) >= 11 is 0. The van der Waals surface area contributed by atoms with Crippen LogP contribution in [0.3, 0.4) is 0 Å². The number of amides is 4. The summed E-state index contributed by atoms with van der Waals surface area (Å²) in [5, 5.41) is 38.2. The van der Waals surface area contributed by atoms with E-state index in [-0.39, 0.29) is 73.0 Å². The Hall–Kier alpha value is -4.53. The van der Waals surface area contributed by atoms with E-state index in [9.17, 15) is 34.1 Å². The Bertz CT molecular complexity index is 1390. The van der Waals surface area contributed by atoms with Gasteiger partial charge in [0.2, 0.25) is 23.6 Å². The predicted molar refractivity (Wildman–Crippen MR) is 204 cm³/mol. The van der Waals surface area contributed by atoms with Gasteiger partial charge in [0.15, 0.2) is 0 Å². The summed E-state index contributed by atoms with van der Waals surface area (Å²) in [5.74, 6) is -2.58. The van der Waals surface area contributed by atoms with Gasteiger partial charge in [-0.25, -0.2) is 0 Å². The number of non-ortho nitro benzene ring substituents is 1. The molecule has 0 aliphatic heterocycles. The molecule has 3 unspecified atom stereocenters. The summed E-state index contributed by atoms with van der Waals surface area (Å²) < 4.78 is 0. The summed E-state index contributed by atoms with van der Waals surface area (Å²) in [4.78, 5) is 73.9. The maximum Gasteiger partial charge on any atom is 0.303 e. The van der Waals surface area contributed by atoms with Crippen molar-refractivity contribution in [1.29, 1.82) is 0 Å². The Morgan fingerprint density at radius 1 is 0.887 bits per heavy atom. The summed E-state index contributed by atoms with van der Waals surface area (Å²) in [6, 6.07) is 3.10. The lowest BCUT2D eigenvalue weighted by Crippen LogP contribution is -2.56. The molecular formula is C38H63N7O8. The average molecular weight is 746 g/mol. The molecule has 6 atom stereocenters. The van der Waals surface area contributed by atoms with Crippen LogP contribution in [0.2, 0.25) is 0 Å². The van der Waals surface area contributed by atoms with E-state index in [0.29, 0.717) is 30.6 Å². The molecule has 4 amide bonds. The second-order valence-corrected chi connectivity index (χ2v) is 14.5. The predicted octanol–water partition coefficient (Wildman–Crippen LogP) is 3.92. The molecule has 15 heteroatoms. The Labute approximate surface area is 314 Å². The van der Waals surface area contributed by atoms with Crippen LogP contribution in [0, 0.1) is 27.9 Å². The van der Waals surface area contributed by atoms with Gasteiger partial charge in [0.05, 0.1) is 17.0 Å². The van der Waals surface area contributed by atoms with E-state index in [1.165, 1.54) is 12.1 Å². The van der Waals surface area contributed by atoms with Gasteiger partial charge in [-0.05, 0) is 49.5 Å². The minimum Gasteiger partial charge on any atom is -0.481 e. The number of carbonyl (C=O) groups excluding carboxylic acids is 4. The summed E-state index contributed by atoms with van der Waals surface area (Å²) in [5.41, 5.74) is 1.09. The number of carbonyl (C=O) groups is 5. The molecule has 0 saturated heterocycles. The molecule has 1 aromatic carbocycles. The Balaban J connectivity index is 2.91. The third kappa shape index (κ3) is 17.7. The zero-order chi connectivity index (χ0) is 40.2. The van der Waals surface area contributed by atoms with Crippen LogP contribution in [-0.2, 0) is 30.5 Å². The van der Waals surface area contributed by atoms with Crippen LogP contribution in [0.1, 0.15) is 106 Å². The third-order valence-corrected chi connectivity index (χ3v) is 8.97. The number of aliphatic carboxylic acids is 1. The number of hydrogen-bond donors (Lipinski definition) is 7. The minimum absolute atomic E-state index is 0.00751. The quantitative estimate of drug-likeness (QED) is 0.0535. The van der Waals surface area contributed by atoms with E-state index >= 15 is 0 Å². The van der Waals surface area contributed by atoms with Crippen molar-refractivity contribution in [3.05, 3.63) is 52.2 Å². The second-order valence-electron chi connectivity index (χ2n) is 14.5. The van der Waals surface area contributed by atoms with E-state index in [1.54, 1.807) is 19.1 Å². The van der Waals surface area contributed by atoms with Gasteiger partial charge >= 0.3 is 5.97 Å². The second kappa shape index (κ2) is 23.9. The number of carboxylic acids is 1. The van der Waals surface area contributed by atoms with Crippen LogP contribution in [0.25, 0.3) is 0 Å². The summed E-state index contributed by atoms with van der Waals surface area (Å²) in [7, 11) is 0. The SMILES string of the molecule is C=C(NC(CN[C@@H](C)C(=O)NC(C(=O)NCc1cccc([N+](=O)[O-])c1)C(C)C)CC(C)C)[C@H](CCC)NC(=O)C(NC(=O)CCCC(=O)O)[C@@H](C)CC. The standard InChI is InChI=1S/C38H63N7O8/c1-10-14-31(42-38(51)35(25(7)11-2)43-32(46)17-13-18-33(47)48)26(8)41-29(19-23(3)4)22-39-27(9)36(49)44-34(24(5)6)37(50)40-21-28-15-12-16-30(20-28)45(52)53/h12,15-16,20,23-25,27,29,31,34-35,39,41H,8,10-11,13-14,17-19,21-22H2,1-7,9H3,(H,40,50)(H,42,51)(H,43,46)(H,44,49)(H,47,48)/t25-,27-,29?,31-,34?,35?/m0/s1. The highest BCUT2D eigenvalue weighted by molar-refractivity contribution is 5.90. The fraction of sp³-hybridized carbons (Fsp3) is 0.658. The molecule has 0 bridgehead atoms. The van der Waals surface area contributed by atoms with Gasteiger partial charge < -0.3 is 37.0 Å². The molecule has 0 aromatic heterocycles. The molecule has 15 nitrogen and oxygen atoms in total. The summed E-state index contributed by atoms with van der Waals surface area (Å²) in [6.45, 7) is 20.0. The van der Waals surface area contributed by atoms with Gasteiger partial charge in [-0.15, -0.1) is 0 Å². The zero-order valence-electron chi connectivity index (χ0n) is 32.8. The van der Waals surface area contributed by atoms with Crippen LogP contribution in [0.15, 0.2) is 36.5 Å². The molecule has 1 aromatic rings. The summed E-state index contributed by atoms with van der Waals surface area (Å²) in [6.07, 6.45) is 2.77. The molecule has 298 valence electrons. The number of hydrogen-bond acceptors (Lipinski definition) is 9. The van der Waals surface area contributed by atoms with Crippen molar-refractivity contribution in [3.8, 4) is 0 Å². The average Bonchev–Trinajstić information content (AvgIpc) is 3.09. The molecule has 1 rings (SSSR count). The number of carboxylic acid groups (broad SMARTS) is 1. The lowest BCUT2D eigenvalue weighted by atomic mass is 9.96. The first-order valence-corrected chi connectivity index (χ1v) is 18.7. The van der Waals surface area contributed by atoms with Gasteiger partial charge in [-0.3, -0.25) is 34.1 Å². The lowest BCUT2D eigenvalue weighted by molar-refractivity contribution is -0.384. The van der Waals surface area contributed by atoms with Crippen LogP contribution in [0.5, 0.6) is 0 Å². The van der Waals surface area contributed by atoms with Crippen LogP contribution >= 0.6 is 0 Å². The Morgan fingerprint density at radius 2 is 1.57 bits per heavy atom. The molecule has 0 saturated carbocycles. The van der Waals surface area contributed by atoms with Gasteiger partial charge in [0.1, 0.15) is 12.1 Å². The number of benzene rings is 1. The number of nitro benzene ring substituents is 1. The molecule has 0 heterocycles. The maximum atomic E-state index is 13.5. The van der Waals surface area contributed by atoms with Gasteiger partial charge in [0, 0.05) is 49.8 Å². The molecular weight excluding hydrogens is 682 g/mol. The zero-order valence-corrected chi connectivity index (χ0v) is 32.8. The topological polar surface area (TPSA) is 221 Å². The molecule has 7 N–H and O–H groups in total. The molecule has 53 heavy (non-hydrogen) atoms. The van der Waals surface area contributed by atoms with E-state index < -0.39 is 41.0 Å². The molecule has 0 fully saturated rings. The van der Waals surface area contributed by atoms with E-state index in [0.717, 1.165) is 12.8 Å². The van der Waals surface area contributed by atoms with Crippen molar-refractivity contribution in [2.75, 3.05) is 6.54 Å². The van der Waals surface area contributed by atoms with Crippen molar-refractivity contribution in [3.63, 3.8) is 0 Å². The van der Waals surface area contributed by atoms with Crippen molar-refractivity contribution in [2.45, 2.75) is 137 Å². The van der Waals surface area contributed by atoms with Crippen molar-refractivity contribution < 1.29 is 34.0 Å². The molecule has 0 radical (unpaired) electrons. The van der Waals surface area contributed by atoms with Crippen LogP contribution in [-0.4, -0.2) is 76.4 Å². The fourth-order valence-electron chi connectivity index (χ4n) is 5.66. The highest BCUT2D eigenvalue weighted by atomic mass is 16.6. The first kappa shape index (κ1) is 46.5. The largest absolute Gasteiger partial charge is 0.481 e. The number of rotatable bonds is 26. The monoisotopic (exact) mass is 745 g/mol. The number of nitro groups is 1. The van der Waals surface area contributed by atoms with Crippen molar-refractivity contribution in [2.24, 2.45) is 17.8 Å². The minimum atomic E-state index is -0.982. The van der Waals surface area contributed by atoms with Crippen LogP contribution < -0.4 is 31.9 Å². The number of nitrogens with one attached hydrogen (secondary N) is 6. The normalized spacial score (nSPS) is 14.6. The fourth-order valence-corrected chi connectivity index (χ4v) is 5.66. The van der Waals surface area contributed by atoms with E-state index in [2.05, 4.69) is 52.3 Å². The molecule has 0 spiro atoms. The number of nitrogens with zero attached hydrogens (tertiary/aromatic N) is 1. The molecule has 0 aliphatic carbocycles. The Morgan fingerprint density at radius 3 is 2.13 bits per heavy atom. The molecule has 0 aliphatic rings. The highest BCUT2D eigenvalue weighted by Gasteiger charge is 2.30. The van der Waals surface area contributed by atoms with Crippen LogP contribution in [0.4, 0.5) is 5.69 Å². The van der Waals surface area contributed by atoms with E-state index in [1.807, 2.05) is 34.6 Å². The first-order chi connectivity index (χ1) is 24.9. The third-order valence-electron chi connectivity index (χ3n) is 8.97. The van der Waals surface area contributed by atoms with Crippen molar-refractivity contribution >= 4 is 35.3 Å². The van der Waals surface area contributed by atoms with Gasteiger partial charge in [-0.1, -0.05) is 80.0 Å². The highest BCUT2D eigenvalue weighted by Crippen LogP contribution is 2.15. The van der Waals surface area contributed by atoms with Crippen molar-refractivity contribution in [1.82, 2.24) is 31.9 Å². The smallest absolute Gasteiger partial charge is 0.303 e. The van der Waals surface area contributed by atoms with Gasteiger partial charge in [0.25, 0.3) is 5.69 Å². The Kier molecular flexibility index (Phi) is 21.0.